The second-order valence-electron chi connectivity index (χ2n) is 3.45. The van der Waals surface area contributed by atoms with Crippen molar-refractivity contribution in [3.05, 3.63) is 29.8 Å². The lowest BCUT2D eigenvalue weighted by Crippen LogP contribution is -2.10. The lowest BCUT2D eigenvalue weighted by Gasteiger charge is -2.09. The van der Waals surface area contributed by atoms with E-state index in [2.05, 4.69) is 4.74 Å². The summed E-state index contributed by atoms with van der Waals surface area (Å²) in [5.74, 6) is -0.866. The average molecular weight is 266 g/mol. The number of carboxylic acids is 1. The first-order valence-corrected chi connectivity index (χ1v) is 5.35. The van der Waals surface area contributed by atoms with E-state index in [9.17, 15) is 9.59 Å². The van der Waals surface area contributed by atoms with Crippen LogP contribution in [-0.4, -0.2) is 37.9 Å². The molecule has 0 aliphatic carbocycles. The molecule has 0 spiro atoms. The minimum atomic E-state index is -1.09. The van der Waals surface area contributed by atoms with E-state index in [0.717, 1.165) is 0 Å². The highest BCUT2D eigenvalue weighted by atomic mass is 16.5. The number of hydrogen-bond acceptors (Lipinski definition) is 5. The van der Waals surface area contributed by atoms with Gasteiger partial charge < -0.3 is 19.3 Å². The number of rotatable bonds is 6. The zero-order chi connectivity index (χ0) is 14.3. The minimum Gasteiger partial charge on any atom is -0.493 e. The van der Waals surface area contributed by atoms with E-state index < -0.39 is 18.5 Å². The summed E-state index contributed by atoms with van der Waals surface area (Å²) in [5, 5.41) is 8.57. The smallest absolute Gasteiger partial charge is 0.341 e. The molecule has 0 heterocycles. The Morgan fingerprint density at radius 1 is 1.26 bits per heavy atom. The van der Waals surface area contributed by atoms with E-state index in [-0.39, 0.29) is 5.75 Å². The van der Waals surface area contributed by atoms with Crippen LogP contribution in [0.15, 0.2) is 24.3 Å². The number of hydrogen-bond donors (Lipinski definition) is 1. The van der Waals surface area contributed by atoms with Gasteiger partial charge in [0.2, 0.25) is 0 Å². The summed E-state index contributed by atoms with van der Waals surface area (Å²) in [5.41, 5.74) is 0.659. The number of esters is 1. The second-order valence-corrected chi connectivity index (χ2v) is 3.45. The van der Waals surface area contributed by atoms with Crippen molar-refractivity contribution in [2.24, 2.45) is 0 Å². The summed E-state index contributed by atoms with van der Waals surface area (Å²) in [6, 6.07) is 4.89. The summed E-state index contributed by atoms with van der Waals surface area (Å²) in [4.78, 5) is 21.4. The van der Waals surface area contributed by atoms with Crippen LogP contribution in [0.3, 0.4) is 0 Å². The van der Waals surface area contributed by atoms with Crippen molar-refractivity contribution in [3.63, 3.8) is 0 Å². The first-order valence-electron chi connectivity index (χ1n) is 5.35. The molecule has 6 nitrogen and oxygen atoms in total. The molecule has 1 aromatic rings. The third-order valence-corrected chi connectivity index (χ3v) is 2.15. The van der Waals surface area contributed by atoms with Crippen LogP contribution in [0.25, 0.3) is 6.08 Å². The third-order valence-electron chi connectivity index (χ3n) is 2.15. The Morgan fingerprint density at radius 3 is 2.58 bits per heavy atom. The van der Waals surface area contributed by atoms with Crippen LogP contribution in [0, 0.1) is 0 Å². The van der Waals surface area contributed by atoms with Crippen molar-refractivity contribution in [2.45, 2.75) is 0 Å². The van der Waals surface area contributed by atoms with Gasteiger partial charge >= 0.3 is 11.9 Å². The topological polar surface area (TPSA) is 82.1 Å². The van der Waals surface area contributed by atoms with Crippen molar-refractivity contribution in [1.29, 1.82) is 0 Å². The molecule has 0 saturated heterocycles. The van der Waals surface area contributed by atoms with Gasteiger partial charge in [-0.15, -0.1) is 0 Å². The standard InChI is InChI=1S/C13H14O6/c1-17-10-5-3-9(4-6-13(16)18-2)7-11(10)19-8-12(14)15/h3-7H,8H2,1-2H3,(H,14,15). The summed E-state index contributed by atoms with van der Waals surface area (Å²) in [6.45, 7) is -0.472. The molecule has 1 aromatic carbocycles. The number of carbonyl (C=O) groups is 2. The fraction of sp³-hybridized carbons (Fsp3) is 0.231. The zero-order valence-corrected chi connectivity index (χ0v) is 10.6. The van der Waals surface area contributed by atoms with Crippen LogP contribution >= 0.6 is 0 Å². The number of carboxylic acid groups (broad SMARTS) is 1. The quantitative estimate of drug-likeness (QED) is 0.618. The van der Waals surface area contributed by atoms with Gasteiger partial charge in [-0.3, -0.25) is 0 Å². The molecule has 0 fully saturated rings. The van der Waals surface area contributed by atoms with Crippen molar-refractivity contribution in [2.75, 3.05) is 20.8 Å². The third kappa shape index (κ3) is 4.71. The van der Waals surface area contributed by atoms with E-state index in [1.807, 2.05) is 0 Å². The molecule has 0 saturated carbocycles. The van der Waals surface area contributed by atoms with Gasteiger partial charge in [0.15, 0.2) is 18.1 Å². The number of benzene rings is 1. The van der Waals surface area contributed by atoms with Crippen molar-refractivity contribution >= 4 is 18.0 Å². The van der Waals surface area contributed by atoms with Crippen LogP contribution in [0.2, 0.25) is 0 Å². The van der Waals surface area contributed by atoms with Gasteiger partial charge in [-0.05, 0) is 23.8 Å². The largest absolute Gasteiger partial charge is 0.493 e. The van der Waals surface area contributed by atoms with Crippen molar-refractivity contribution < 1.29 is 28.9 Å². The highest BCUT2D eigenvalue weighted by Crippen LogP contribution is 2.28. The van der Waals surface area contributed by atoms with E-state index in [1.165, 1.54) is 26.4 Å². The van der Waals surface area contributed by atoms with Crippen LogP contribution < -0.4 is 9.47 Å². The highest BCUT2D eigenvalue weighted by molar-refractivity contribution is 5.87. The van der Waals surface area contributed by atoms with Crippen LogP contribution in [0.5, 0.6) is 11.5 Å². The molecular formula is C13H14O6. The van der Waals surface area contributed by atoms with E-state index in [0.29, 0.717) is 11.3 Å². The van der Waals surface area contributed by atoms with Gasteiger partial charge in [-0.1, -0.05) is 6.07 Å². The highest BCUT2D eigenvalue weighted by Gasteiger charge is 2.07. The molecule has 0 radical (unpaired) electrons. The zero-order valence-electron chi connectivity index (χ0n) is 10.6. The maximum absolute atomic E-state index is 11.0. The number of methoxy groups -OCH3 is 2. The Morgan fingerprint density at radius 2 is 2.00 bits per heavy atom. The lowest BCUT2D eigenvalue weighted by molar-refractivity contribution is -0.139. The van der Waals surface area contributed by atoms with Gasteiger partial charge in [-0.25, -0.2) is 9.59 Å². The number of carbonyl (C=O) groups excluding carboxylic acids is 1. The molecule has 0 bridgehead atoms. The Hall–Kier alpha value is -2.50. The predicted molar refractivity (Wildman–Crippen MR) is 67.2 cm³/mol. The predicted octanol–water partition coefficient (Wildman–Crippen LogP) is 1.34. The lowest BCUT2D eigenvalue weighted by atomic mass is 10.2. The molecule has 102 valence electrons. The summed E-state index contributed by atoms with van der Waals surface area (Å²) >= 11 is 0. The first-order chi connectivity index (χ1) is 9.06. The molecule has 0 aliphatic heterocycles. The molecule has 0 unspecified atom stereocenters. The Kier molecular flexibility index (Phi) is 5.40. The summed E-state index contributed by atoms with van der Waals surface area (Å²) in [6.07, 6.45) is 2.78. The number of ether oxygens (including phenoxy) is 3. The molecule has 0 amide bonds. The molecule has 0 aliphatic rings. The maximum atomic E-state index is 11.0. The van der Waals surface area contributed by atoms with Gasteiger partial charge in [-0.2, -0.15) is 0 Å². The van der Waals surface area contributed by atoms with Crippen molar-refractivity contribution in [1.82, 2.24) is 0 Å². The first kappa shape index (κ1) is 14.6. The van der Waals surface area contributed by atoms with E-state index in [1.54, 1.807) is 18.2 Å². The monoisotopic (exact) mass is 266 g/mol. The van der Waals surface area contributed by atoms with Crippen molar-refractivity contribution in [3.8, 4) is 11.5 Å². The van der Waals surface area contributed by atoms with Gasteiger partial charge in [0.05, 0.1) is 14.2 Å². The van der Waals surface area contributed by atoms with Gasteiger partial charge in [0.1, 0.15) is 0 Å². The Bertz CT molecular complexity index is 492. The van der Waals surface area contributed by atoms with E-state index >= 15 is 0 Å². The fourth-order valence-electron chi connectivity index (χ4n) is 1.28. The van der Waals surface area contributed by atoms with Crippen LogP contribution in [0.4, 0.5) is 0 Å². The normalized spacial score (nSPS) is 10.2. The van der Waals surface area contributed by atoms with Crippen LogP contribution in [-0.2, 0) is 14.3 Å². The maximum Gasteiger partial charge on any atom is 0.341 e. The summed E-state index contributed by atoms with van der Waals surface area (Å²) < 4.78 is 14.6. The second kappa shape index (κ2) is 7.05. The van der Waals surface area contributed by atoms with Gasteiger partial charge in [0.25, 0.3) is 0 Å². The molecule has 19 heavy (non-hydrogen) atoms. The molecule has 0 atom stereocenters. The fourth-order valence-corrected chi connectivity index (χ4v) is 1.28. The molecule has 1 N–H and O–H groups in total. The molecule has 6 heteroatoms. The molecule has 0 aromatic heterocycles. The Balaban J connectivity index is 2.91. The molecular weight excluding hydrogens is 252 g/mol. The minimum absolute atomic E-state index is 0.289. The number of aliphatic carboxylic acids is 1. The van der Waals surface area contributed by atoms with E-state index in [4.69, 9.17) is 14.6 Å². The molecule has 1 rings (SSSR count). The summed E-state index contributed by atoms with van der Waals surface area (Å²) in [7, 11) is 2.73. The SMILES string of the molecule is COC(=O)C=Cc1ccc(OC)c(OCC(=O)O)c1. The van der Waals surface area contributed by atoms with Crippen LogP contribution in [0.1, 0.15) is 5.56 Å². The van der Waals surface area contributed by atoms with Gasteiger partial charge in [0, 0.05) is 6.08 Å². The average Bonchev–Trinajstić information content (AvgIpc) is 2.42. The Labute approximate surface area is 110 Å².